The minimum Gasteiger partial charge on any atom is -0.333 e. The maximum Gasteiger partial charge on any atom is 0.279 e. The van der Waals surface area contributed by atoms with E-state index in [4.69, 9.17) is 0 Å². The summed E-state index contributed by atoms with van der Waals surface area (Å²) in [7, 11) is 0. The number of carbonyl (C=O) groups excluding carboxylic acids is 1. The summed E-state index contributed by atoms with van der Waals surface area (Å²) in [5.41, 5.74) is 3.27. The van der Waals surface area contributed by atoms with Crippen LogP contribution in [0.25, 0.3) is 0 Å². The molecular formula is C17H21N2O+. The SMILES string of the molecule is Cc1ccc(NC(=O)C[NH2+][C@@H](C)c2ccccc2)cc1. The highest BCUT2D eigenvalue weighted by Gasteiger charge is 2.10. The van der Waals surface area contributed by atoms with E-state index in [1.807, 2.05) is 54.7 Å². The summed E-state index contributed by atoms with van der Waals surface area (Å²) in [4.78, 5) is 11.9. The number of quaternary nitrogens is 1. The first kappa shape index (κ1) is 14.3. The van der Waals surface area contributed by atoms with Crippen molar-refractivity contribution in [3.63, 3.8) is 0 Å². The van der Waals surface area contributed by atoms with Gasteiger partial charge in [0.25, 0.3) is 5.91 Å². The van der Waals surface area contributed by atoms with Gasteiger partial charge >= 0.3 is 0 Å². The zero-order valence-electron chi connectivity index (χ0n) is 12.0. The van der Waals surface area contributed by atoms with Gasteiger partial charge in [-0.1, -0.05) is 48.0 Å². The van der Waals surface area contributed by atoms with Gasteiger partial charge in [-0.05, 0) is 26.0 Å². The van der Waals surface area contributed by atoms with Crippen LogP contribution in [0.5, 0.6) is 0 Å². The van der Waals surface area contributed by atoms with Gasteiger partial charge in [-0.25, -0.2) is 0 Å². The van der Waals surface area contributed by atoms with Crippen molar-refractivity contribution in [1.82, 2.24) is 0 Å². The molecular weight excluding hydrogens is 248 g/mol. The summed E-state index contributed by atoms with van der Waals surface area (Å²) >= 11 is 0. The largest absolute Gasteiger partial charge is 0.333 e. The molecule has 0 unspecified atom stereocenters. The molecule has 0 heterocycles. The molecule has 0 saturated heterocycles. The van der Waals surface area contributed by atoms with Crippen LogP contribution in [0.2, 0.25) is 0 Å². The molecule has 0 fully saturated rings. The molecule has 3 nitrogen and oxygen atoms in total. The third kappa shape index (κ3) is 4.21. The van der Waals surface area contributed by atoms with E-state index >= 15 is 0 Å². The lowest BCUT2D eigenvalue weighted by molar-refractivity contribution is -0.682. The third-order valence-corrected chi connectivity index (χ3v) is 3.32. The van der Waals surface area contributed by atoms with Crippen LogP contribution in [0, 0.1) is 6.92 Å². The number of hydrogen-bond donors (Lipinski definition) is 2. The van der Waals surface area contributed by atoms with Crippen molar-refractivity contribution < 1.29 is 10.1 Å². The molecule has 2 rings (SSSR count). The van der Waals surface area contributed by atoms with Gasteiger partial charge in [-0.15, -0.1) is 0 Å². The van der Waals surface area contributed by atoms with E-state index in [-0.39, 0.29) is 11.9 Å². The Labute approximate surface area is 120 Å². The van der Waals surface area contributed by atoms with Crippen LogP contribution in [0.1, 0.15) is 24.1 Å². The second kappa shape index (κ2) is 6.87. The summed E-state index contributed by atoms with van der Waals surface area (Å²) in [5.74, 6) is 0.0247. The topological polar surface area (TPSA) is 45.7 Å². The maximum atomic E-state index is 11.9. The average Bonchev–Trinajstić information content (AvgIpc) is 2.48. The number of anilines is 1. The summed E-state index contributed by atoms with van der Waals surface area (Å²) in [6.07, 6.45) is 0. The molecule has 0 spiro atoms. The number of hydrogen-bond acceptors (Lipinski definition) is 1. The quantitative estimate of drug-likeness (QED) is 0.859. The number of benzene rings is 2. The van der Waals surface area contributed by atoms with Crippen LogP contribution in [-0.2, 0) is 4.79 Å². The molecule has 0 aliphatic heterocycles. The average molecular weight is 269 g/mol. The zero-order valence-corrected chi connectivity index (χ0v) is 12.0. The van der Waals surface area contributed by atoms with E-state index in [2.05, 4.69) is 24.4 Å². The Hall–Kier alpha value is -2.13. The molecule has 0 aliphatic rings. The van der Waals surface area contributed by atoms with Gasteiger partial charge in [0.05, 0.1) is 0 Å². The zero-order chi connectivity index (χ0) is 14.4. The molecule has 0 bridgehead atoms. The van der Waals surface area contributed by atoms with Crippen LogP contribution >= 0.6 is 0 Å². The molecule has 0 aliphatic carbocycles. The Kier molecular flexibility index (Phi) is 4.91. The Bertz CT molecular complexity index is 549. The second-order valence-electron chi connectivity index (χ2n) is 5.05. The third-order valence-electron chi connectivity index (χ3n) is 3.32. The van der Waals surface area contributed by atoms with Crippen molar-refractivity contribution in [2.45, 2.75) is 19.9 Å². The lowest BCUT2D eigenvalue weighted by Gasteiger charge is -2.11. The predicted molar refractivity (Wildman–Crippen MR) is 81.5 cm³/mol. The molecule has 2 aromatic carbocycles. The van der Waals surface area contributed by atoms with E-state index in [1.54, 1.807) is 0 Å². The standard InChI is InChI=1S/C17H20N2O/c1-13-8-10-16(11-9-13)19-17(20)12-18-14(2)15-6-4-3-5-7-15/h3-11,14,18H,12H2,1-2H3,(H,19,20)/p+1/t14-/m0/s1. The number of nitrogens with two attached hydrogens (primary N) is 1. The highest BCUT2D eigenvalue weighted by Crippen LogP contribution is 2.08. The first-order chi connectivity index (χ1) is 9.65. The lowest BCUT2D eigenvalue weighted by atomic mass is 10.1. The minimum atomic E-state index is 0.0247. The minimum absolute atomic E-state index is 0.0247. The van der Waals surface area contributed by atoms with Crippen LogP contribution in [0.15, 0.2) is 54.6 Å². The van der Waals surface area contributed by atoms with Crippen LogP contribution < -0.4 is 10.6 Å². The van der Waals surface area contributed by atoms with E-state index in [0.717, 1.165) is 5.69 Å². The number of rotatable bonds is 5. The molecule has 3 N–H and O–H groups in total. The molecule has 104 valence electrons. The van der Waals surface area contributed by atoms with Crippen molar-refractivity contribution >= 4 is 11.6 Å². The van der Waals surface area contributed by atoms with E-state index in [1.165, 1.54) is 11.1 Å². The van der Waals surface area contributed by atoms with E-state index < -0.39 is 0 Å². The van der Waals surface area contributed by atoms with Gasteiger partial charge in [0.15, 0.2) is 6.54 Å². The molecule has 0 radical (unpaired) electrons. The van der Waals surface area contributed by atoms with Crippen molar-refractivity contribution in [1.29, 1.82) is 0 Å². The molecule has 0 saturated carbocycles. The Balaban J connectivity index is 1.82. The van der Waals surface area contributed by atoms with Gasteiger partial charge in [-0.3, -0.25) is 4.79 Å². The fourth-order valence-electron chi connectivity index (χ4n) is 2.03. The highest BCUT2D eigenvalue weighted by atomic mass is 16.1. The number of amides is 1. The monoisotopic (exact) mass is 269 g/mol. The van der Waals surface area contributed by atoms with Crippen LogP contribution in [0.4, 0.5) is 5.69 Å². The fourth-order valence-corrected chi connectivity index (χ4v) is 2.03. The molecule has 3 heteroatoms. The van der Waals surface area contributed by atoms with Gasteiger partial charge in [0.1, 0.15) is 6.04 Å². The number of carbonyl (C=O) groups is 1. The van der Waals surface area contributed by atoms with Gasteiger partial charge in [0.2, 0.25) is 0 Å². The van der Waals surface area contributed by atoms with Crippen LogP contribution in [-0.4, -0.2) is 12.5 Å². The van der Waals surface area contributed by atoms with E-state index in [0.29, 0.717) is 6.54 Å². The summed E-state index contributed by atoms with van der Waals surface area (Å²) in [5, 5.41) is 4.95. The predicted octanol–water partition coefficient (Wildman–Crippen LogP) is 2.26. The Morgan fingerprint density at radius 2 is 1.75 bits per heavy atom. The Morgan fingerprint density at radius 3 is 2.40 bits per heavy atom. The molecule has 0 aromatic heterocycles. The molecule has 1 amide bonds. The normalized spacial score (nSPS) is 11.9. The molecule has 2 aromatic rings. The van der Waals surface area contributed by atoms with Gasteiger partial charge in [0, 0.05) is 11.3 Å². The maximum absolute atomic E-state index is 11.9. The molecule has 1 atom stereocenters. The summed E-state index contributed by atoms with van der Waals surface area (Å²) < 4.78 is 0. The number of nitrogens with one attached hydrogen (secondary N) is 1. The van der Waals surface area contributed by atoms with Gasteiger partial charge in [-0.2, -0.15) is 0 Å². The highest BCUT2D eigenvalue weighted by molar-refractivity contribution is 5.91. The fraction of sp³-hybridized carbons (Fsp3) is 0.235. The first-order valence-corrected chi connectivity index (χ1v) is 6.90. The lowest BCUT2D eigenvalue weighted by Crippen LogP contribution is -2.86. The number of aryl methyl sites for hydroxylation is 1. The Morgan fingerprint density at radius 1 is 1.10 bits per heavy atom. The molecule has 20 heavy (non-hydrogen) atoms. The van der Waals surface area contributed by atoms with Crippen molar-refractivity contribution in [3.05, 3.63) is 65.7 Å². The van der Waals surface area contributed by atoms with Gasteiger partial charge < -0.3 is 10.6 Å². The first-order valence-electron chi connectivity index (χ1n) is 6.90. The van der Waals surface area contributed by atoms with E-state index in [9.17, 15) is 4.79 Å². The summed E-state index contributed by atoms with van der Waals surface area (Å²) in [6.45, 7) is 4.55. The van der Waals surface area contributed by atoms with Crippen molar-refractivity contribution in [2.24, 2.45) is 0 Å². The second-order valence-corrected chi connectivity index (χ2v) is 5.05. The van der Waals surface area contributed by atoms with Crippen LogP contribution in [0.3, 0.4) is 0 Å². The van der Waals surface area contributed by atoms with Crippen molar-refractivity contribution in [3.8, 4) is 0 Å². The smallest absolute Gasteiger partial charge is 0.279 e. The summed E-state index contributed by atoms with van der Waals surface area (Å²) in [6, 6.07) is 18.3. The van der Waals surface area contributed by atoms with Crippen molar-refractivity contribution in [2.75, 3.05) is 11.9 Å².